The first-order valence-corrected chi connectivity index (χ1v) is 12.1. The molecule has 9 heteroatoms. The van der Waals surface area contributed by atoms with Crippen LogP contribution in [0.1, 0.15) is 11.5 Å². The van der Waals surface area contributed by atoms with Crippen LogP contribution >= 0.6 is 0 Å². The lowest BCUT2D eigenvalue weighted by Gasteiger charge is -2.19. The number of hydrogen-bond acceptors (Lipinski definition) is 5. The Hall–Kier alpha value is -2.49. The lowest BCUT2D eigenvalue weighted by atomic mass is 9.98. The van der Waals surface area contributed by atoms with Crippen LogP contribution < -0.4 is 0 Å². The van der Waals surface area contributed by atoms with Crippen molar-refractivity contribution in [2.45, 2.75) is 21.1 Å². The zero-order valence-corrected chi connectivity index (χ0v) is 17.4. The maximum Gasteiger partial charge on any atom is 0.262 e. The van der Waals surface area contributed by atoms with Gasteiger partial charge >= 0.3 is 0 Å². The summed E-state index contributed by atoms with van der Waals surface area (Å²) in [7, 11) is -5.95. The maximum atomic E-state index is 13.4. The summed E-state index contributed by atoms with van der Waals surface area (Å²) in [5, 5.41) is -0.963. The van der Waals surface area contributed by atoms with Gasteiger partial charge in [0, 0.05) is 32.3 Å². The number of aromatic nitrogens is 2. The molecule has 0 saturated carbocycles. The van der Waals surface area contributed by atoms with Gasteiger partial charge in [-0.25, -0.2) is 21.8 Å². The van der Waals surface area contributed by atoms with Crippen molar-refractivity contribution in [3.8, 4) is 0 Å². The first-order chi connectivity index (χ1) is 13.8. The van der Waals surface area contributed by atoms with Crippen molar-refractivity contribution in [2.75, 3.05) is 13.1 Å². The number of rotatable bonds is 5. The van der Waals surface area contributed by atoms with Crippen LogP contribution in [-0.2, 0) is 26.9 Å². The molecule has 4 rings (SSSR count). The summed E-state index contributed by atoms with van der Waals surface area (Å²) >= 11 is 0. The third-order valence-corrected chi connectivity index (χ3v) is 9.14. The molecule has 0 spiro atoms. The van der Waals surface area contributed by atoms with Crippen LogP contribution in [0.2, 0.25) is 0 Å². The molecule has 1 aliphatic rings. The zero-order chi connectivity index (χ0) is 20.6. The minimum atomic E-state index is -3.90. The SMILES string of the molecule is Cn1cnc(S(=O)(=O)N2C[C@H](c3ccccc3)[C@@H](S(=O)(=O)c3ccccc3)C2)c1. The molecule has 2 heterocycles. The summed E-state index contributed by atoms with van der Waals surface area (Å²) in [6, 6.07) is 17.4. The van der Waals surface area contributed by atoms with Gasteiger partial charge in [-0.1, -0.05) is 48.5 Å². The molecule has 0 bridgehead atoms. The summed E-state index contributed by atoms with van der Waals surface area (Å²) in [6.45, 7) is -0.0324. The molecule has 29 heavy (non-hydrogen) atoms. The van der Waals surface area contributed by atoms with E-state index in [-0.39, 0.29) is 23.0 Å². The Morgan fingerprint density at radius 2 is 1.52 bits per heavy atom. The molecule has 0 amide bonds. The van der Waals surface area contributed by atoms with Gasteiger partial charge in [0.2, 0.25) is 0 Å². The van der Waals surface area contributed by atoms with E-state index < -0.39 is 31.0 Å². The van der Waals surface area contributed by atoms with Gasteiger partial charge in [0.25, 0.3) is 10.0 Å². The van der Waals surface area contributed by atoms with E-state index in [1.807, 2.05) is 30.3 Å². The third kappa shape index (κ3) is 3.61. The van der Waals surface area contributed by atoms with Gasteiger partial charge in [-0.3, -0.25) is 0 Å². The van der Waals surface area contributed by atoms with Crippen LogP contribution in [0.15, 0.2) is 83.1 Å². The maximum absolute atomic E-state index is 13.4. The summed E-state index contributed by atoms with van der Waals surface area (Å²) in [5.41, 5.74) is 0.802. The van der Waals surface area contributed by atoms with E-state index in [0.717, 1.165) is 5.56 Å². The summed E-state index contributed by atoms with van der Waals surface area (Å²) in [5.74, 6) is -0.472. The first kappa shape index (κ1) is 19.8. The van der Waals surface area contributed by atoms with Crippen molar-refractivity contribution < 1.29 is 16.8 Å². The molecule has 0 N–H and O–H groups in total. The molecule has 1 saturated heterocycles. The van der Waals surface area contributed by atoms with Crippen LogP contribution in [-0.4, -0.2) is 49.0 Å². The van der Waals surface area contributed by atoms with Gasteiger partial charge in [-0.2, -0.15) is 4.31 Å². The highest BCUT2D eigenvalue weighted by molar-refractivity contribution is 7.92. The Morgan fingerprint density at radius 3 is 2.10 bits per heavy atom. The van der Waals surface area contributed by atoms with Gasteiger partial charge < -0.3 is 4.57 Å². The molecular weight excluding hydrogens is 410 g/mol. The summed E-state index contributed by atoms with van der Waals surface area (Å²) in [4.78, 5) is 4.16. The number of hydrogen-bond donors (Lipinski definition) is 0. The minimum absolute atomic E-state index is 0.0791. The normalized spacial score (nSPS) is 20.7. The average molecular weight is 432 g/mol. The second-order valence-corrected chi connectivity index (χ2v) is 11.2. The molecule has 0 aliphatic carbocycles. The van der Waals surface area contributed by atoms with Crippen LogP contribution in [0.3, 0.4) is 0 Å². The standard InChI is InChI=1S/C20H21N3O4S2/c1-22-14-20(21-15-22)29(26,27)23-12-18(16-8-4-2-5-9-16)19(13-23)28(24,25)17-10-6-3-7-11-17/h2-11,14-15,18-19H,12-13H2,1H3/t18-,19+/m1/s1. The molecule has 3 aromatic rings. The van der Waals surface area contributed by atoms with Gasteiger partial charge in [0.15, 0.2) is 14.9 Å². The molecule has 1 aromatic heterocycles. The van der Waals surface area contributed by atoms with Crippen LogP contribution in [0, 0.1) is 0 Å². The average Bonchev–Trinajstić information content (AvgIpc) is 3.37. The van der Waals surface area contributed by atoms with E-state index in [1.165, 1.54) is 16.8 Å². The van der Waals surface area contributed by atoms with Crippen molar-refractivity contribution in [3.05, 3.63) is 78.8 Å². The van der Waals surface area contributed by atoms with Crippen molar-refractivity contribution in [3.63, 3.8) is 0 Å². The molecular formula is C20H21N3O4S2. The highest BCUT2D eigenvalue weighted by atomic mass is 32.2. The van der Waals surface area contributed by atoms with E-state index in [1.54, 1.807) is 41.9 Å². The minimum Gasteiger partial charge on any atom is -0.339 e. The number of nitrogens with zero attached hydrogens (tertiary/aromatic N) is 3. The number of imidazole rings is 1. The molecule has 2 aromatic carbocycles. The largest absolute Gasteiger partial charge is 0.339 e. The molecule has 0 radical (unpaired) electrons. The van der Waals surface area contributed by atoms with Crippen LogP contribution in [0.4, 0.5) is 0 Å². The molecule has 0 unspecified atom stereocenters. The van der Waals surface area contributed by atoms with E-state index in [2.05, 4.69) is 4.98 Å². The fraction of sp³-hybridized carbons (Fsp3) is 0.250. The molecule has 7 nitrogen and oxygen atoms in total. The number of sulfonamides is 1. The summed E-state index contributed by atoms with van der Waals surface area (Å²) < 4.78 is 55.7. The highest BCUT2D eigenvalue weighted by Gasteiger charge is 2.47. The lowest BCUT2D eigenvalue weighted by Crippen LogP contribution is -2.32. The van der Waals surface area contributed by atoms with Gasteiger partial charge in [0.05, 0.1) is 16.5 Å². The number of benzene rings is 2. The molecule has 1 aliphatic heterocycles. The first-order valence-electron chi connectivity index (χ1n) is 9.12. The highest BCUT2D eigenvalue weighted by Crippen LogP contribution is 2.37. The Balaban J connectivity index is 1.77. The Morgan fingerprint density at radius 1 is 0.897 bits per heavy atom. The van der Waals surface area contributed by atoms with E-state index in [4.69, 9.17) is 0 Å². The number of sulfone groups is 1. The van der Waals surface area contributed by atoms with E-state index >= 15 is 0 Å². The van der Waals surface area contributed by atoms with Crippen molar-refractivity contribution in [2.24, 2.45) is 7.05 Å². The second kappa shape index (κ2) is 7.40. The predicted molar refractivity (Wildman–Crippen MR) is 109 cm³/mol. The van der Waals surface area contributed by atoms with Crippen LogP contribution in [0.25, 0.3) is 0 Å². The monoisotopic (exact) mass is 431 g/mol. The topological polar surface area (TPSA) is 89.3 Å². The van der Waals surface area contributed by atoms with Crippen molar-refractivity contribution in [1.29, 1.82) is 0 Å². The van der Waals surface area contributed by atoms with Crippen molar-refractivity contribution >= 4 is 19.9 Å². The third-order valence-electron chi connectivity index (χ3n) is 5.22. The Labute approximate surface area is 170 Å². The van der Waals surface area contributed by atoms with Crippen LogP contribution in [0.5, 0.6) is 0 Å². The number of aryl methyl sites for hydroxylation is 1. The second-order valence-electron chi connectivity index (χ2n) is 7.11. The van der Waals surface area contributed by atoms with Gasteiger partial charge in [0.1, 0.15) is 0 Å². The van der Waals surface area contributed by atoms with E-state index in [9.17, 15) is 16.8 Å². The lowest BCUT2D eigenvalue weighted by molar-refractivity contribution is 0.470. The quantitative estimate of drug-likeness (QED) is 0.617. The smallest absolute Gasteiger partial charge is 0.262 e. The fourth-order valence-corrected chi connectivity index (χ4v) is 7.20. The summed E-state index contributed by atoms with van der Waals surface area (Å²) in [6.07, 6.45) is 2.84. The molecule has 152 valence electrons. The van der Waals surface area contributed by atoms with Gasteiger partial charge in [-0.05, 0) is 17.7 Å². The van der Waals surface area contributed by atoms with Gasteiger partial charge in [-0.15, -0.1) is 0 Å². The molecule has 1 fully saturated rings. The molecule has 2 atom stereocenters. The predicted octanol–water partition coefficient (Wildman–Crippen LogP) is 2.05. The Kier molecular flexibility index (Phi) is 5.05. The zero-order valence-electron chi connectivity index (χ0n) is 15.8. The fourth-order valence-electron chi connectivity index (χ4n) is 3.71. The van der Waals surface area contributed by atoms with Crippen molar-refractivity contribution in [1.82, 2.24) is 13.9 Å². The van der Waals surface area contributed by atoms with E-state index in [0.29, 0.717) is 0 Å². The Bertz CT molecular complexity index is 1210.